The molecular weight excluding hydrogens is 212 g/mol. The van der Waals surface area contributed by atoms with E-state index in [1.165, 1.54) is 12.0 Å². The van der Waals surface area contributed by atoms with E-state index in [2.05, 4.69) is 10.1 Å². The van der Waals surface area contributed by atoms with Gasteiger partial charge >= 0.3 is 12.0 Å². The molecular formula is C10H18N2O4. The third-order valence-electron chi connectivity index (χ3n) is 2.48. The van der Waals surface area contributed by atoms with Crippen LogP contribution in [0.25, 0.3) is 0 Å². The highest BCUT2D eigenvalue weighted by Gasteiger charge is 2.19. The highest BCUT2D eigenvalue weighted by atomic mass is 16.5. The van der Waals surface area contributed by atoms with Gasteiger partial charge in [-0.15, -0.1) is 0 Å². The molecule has 1 aliphatic rings. The Kier molecular flexibility index (Phi) is 5.04. The Labute approximate surface area is 94.9 Å². The molecule has 1 saturated heterocycles. The van der Waals surface area contributed by atoms with Crippen LogP contribution in [0.3, 0.4) is 0 Å². The van der Waals surface area contributed by atoms with E-state index in [-0.39, 0.29) is 24.5 Å². The van der Waals surface area contributed by atoms with Crippen molar-refractivity contribution in [1.82, 2.24) is 10.2 Å². The van der Waals surface area contributed by atoms with Crippen LogP contribution in [0, 0.1) is 0 Å². The minimum absolute atomic E-state index is 0.0908. The molecule has 1 rings (SSSR count). The number of methoxy groups -OCH3 is 1. The van der Waals surface area contributed by atoms with Crippen molar-refractivity contribution in [2.75, 3.05) is 33.9 Å². The molecule has 0 radical (unpaired) electrons. The Hall–Kier alpha value is -1.30. The molecule has 1 unspecified atom stereocenters. The van der Waals surface area contributed by atoms with Crippen molar-refractivity contribution in [3.63, 3.8) is 0 Å². The third kappa shape index (κ3) is 4.06. The van der Waals surface area contributed by atoms with Crippen LogP contribution in [0.2, 0.25) is 0 Å². The van der Waals surface area contributed by atoms with E-state index in [0.717, 1.165) is 6.42 Å². The number of ether oxygens (including phenoxy) is 2. The number of amides is 2. The molecule has 1 N–H and O–H groups in total. The summed E-state index contributed by atoms with van der Waals surface area (Å²) < 4.78 is 9.64. The van der Waals surface area contributed by atoms with E-state index in [4.69, 9.17) is 4.74 Å². The second-order valence-electron chi connectivity index (χ2n) is 3.76. The Morgan fingerprint density at radius 2 is 2.31 bits per heavy atom. The number of carbonyl (C=O) groups excluding carboxylic acids is 2. The first-order valence-electron chi connectivity index (χ1n) is 5.29. The van der Waals surface area contributed by atoms with Gasteiger partial charge in [0.15, 0.2) is 0 Å². The number of carbonyl (C=O) groups is 2. The third-order valence-corrected chi connectivity index (χ3v) is 2.48. The van der Waals surface area contributed by atoms with Crippen LogP contribution in [-0.4, -0.2) is 56.9 Å². The number of hydrogen-bond acceptors (Lipinski definition) is 4. The second-order valence-corrected chi connectivity index (χ2v) is 3.76. The summed E-state index contributed by atoms with van der Waals surface area (Å²) >= 11 is 0. The molecule has 6 heteroatoms. The molecule has 16 heavy (non-hydrogen) atoms. The molecule has 92 valence electrons. The van der Waals surface area contributed by atoms with Crippen LogP contribution in [0.5, 0.6) is 0 Å². The van der Waals surface area contributed by atoms with Crippen molar-refractivity contribution in [2.24, 2.45) is 0 Å². The molecule has 0 bridgehead atoms. The van der Waals surface area contributed by atoms with E-state index in [9.17, 15) is 9.59 Å². The fourth-order valence-corrected chi connectivity index (χ4v) is 1.40. The monoisotopic (exact) mass is 230 g/mol. The molecule has 0 aromatic rings. The van der Waals surface area contributed by atoms with Crippen molar-refractivity contribution >= 4 is 12.0 Å². The first kappa shape index (κ1) is 12.8. The summed E-state index contributed by atoms with van der Waals surface area (Å²) in [4.78, 5) is 24.0. The maximum atomic E-state index is 11.6. The minimum atomic E-state index is -0.316. The Bertz CT molecular complexity index is 251. The van der Waals surface area contributed by atoms with Crippen LogP contribution in [-0.2, 0) is 14.3 Å². The molecule has 6 nitrogen and oxygen atoms in total. The number of rotatable bonds is 4. The Morgan fingerprint density at radius 1 is 1.56 bits per heavy atom. The SMILES string of the molecule is COC(=O)CCN(C)C(=O)NC1CCOC1. The van der Waals surface area contributed by atoms with Gasteiger partial charge in [-0.05, 0) is 6.42 Å². The quantitative estimate of drug-likeness (QED) is 0.689. The molecule has 0 spiro atoms. The summed E-state index contributed by atoms with van der Waals surface area (Å²) in [5.41, 5.74) is 0. The largest absolute Gasteiger partial charge is 0.469 e. The van der Waals surface area contributed by atoms with E-state index >= 15 is 0 Å². The Balaban J connectivity index is 2.21. The molecule has 0 aliphatic carbocycles. The van der Waals surface area contributed by atoms with E-state index < -0.39 is 0 Å². The number of urea groups is 1. The highest BCUT2D eigenvalue weighted by Crippen LogP contribution is 2.03. The fraction of sp³-hybridized carbons (Fsp3) is 0.800. The van der Waals surface area contributed by atoms with Crippen molar-refractivity contribution in [1.29, 1.82) is 0 Å². The van der Waals surface area contributed by atoms with Gasteiger partial charge < -0.3 is 19.7 Å². The standard InChI is InChI=1S/C10H18N2O4/c1-12(5-3-9(13)15-2)10(14)11-8-4-6-16-7-8/h8H,3-7H2,1-2H3,(H,11,14). The normalized spacial score (nSPS) is 19.2. The summed E-state index contributed by atoms with van der Waals surface area (Å²) in [6.45, 7) is 1.61. The van der Waals surface area contributed by atoms with E-state index in [0.29, 0.717) is 19.8 Å². The molecule has 2 amide bonds. The van der Waals surface area contributed by atoms with Gasteiger partial charge in [0.25, 0.3) is 0 Å². The summed E-state index contributed by atoms with van der Waals surface area (Å²) in [6.07, 6.45) is 1.05. The predicted molar refractivity (Wildman–Crippen MR) is 57.0 cm³/mol. The Morgan fingerprint density at radius 3 is 2.88 bits per heavy atom. The maximum Gasteiger partial charge on any atom is 0.317 e. The topological polar surface area (TPSA) is 67.9 Å². The summed E-state index contributed by atoms with van der Waals surface area (Å²) in [7, 11) is 2.98. The van der Waals surface area contributed by atoms with Gasteiger partial charge in [-0.1, -0.05) is 0 Å². The number of hydrogen-bond donors (Lipinski definition) is 1. The van der Waals surface area contributed by atoms with Gasteiger partial charge in [0.05, 0.1) is 26.2 Å². The number of nitrogens with zero attached hydrogens (tertiary/aromatic N) is 1. The highest BCUT2D eigenvalue weighted by molar-refractivity contribution is 5.75. The fourth-order valence-electron chi connectivity index (χ4n) is 1.40. The number of nitrogens with one attached hydrogen (secondary N) is 1. The van der Waals surface area contributed by atoms with Gasteiger partial charge in [0.1, 0.15) is 0 Å². The van der Waals surface area contributed by atoms with E-state index in [1.807, 2.05) is 0 Å². The van der Waals surface area contributed by atoms with Gasteiger partial charge in [-0.2, -0.15) is 0 Å². The first-order chi connectivity index (χ1) is 7.63. The smallest absolute Gasteiger partial charge is 0.317 e. The lowest BCUT2D eigenvalue weighted by molar-refractivity contribution is -0.140. The maximum absolute atomic E-state index is 11.6. The van der Waals surface area contributed by atoms with Gasteiger partial charge in [0.2, 0.25) is 0 Å². The molecule has 1 fully saturated rings. The lowest BCUT2D eigenvalue weighted by Crippen LogP contribution is -2.44. The van der Waals surface area contributed by atoms with Crippen LogP contribution < -0.4 is 5.32 Å². The zero-order valence-electron chi connectivity index (χ0n) is 9.69. The summed E-state index contributed by atoms with van der Waals surface area (Å²) in [5.74, 6) is -0.316. The molecule has 0 aromatic heterocycles. The zero-order valence-corrected chi connectivity index (χ0v) is 9.69. The molecule has 1 heterocycles. The number of esters is 1. The van der Waals surface area contributed by atoms with Crippen LogP contribution in [0.15, 0.2) is 0 Å². The summed E-state index contributed by atoms with van der Waals surface area (Å²) in [6, 6.07) is -0.0903. The van der Waals surface area contributed by atoms with Gasteiger partial charge in [0, 0.05) is 20.2 Å². The van der Waals surface area contributed by atoms with Gasteiger partial charge in [-0.3, -0.25) is 4.79 Å². The second kappa shape index (κ2) is 6.32. The average Bonchev–Trinajstić information content (AvgIpc) is 2.77. The lowest BCUT2D eigenvalue weighted by atomic mass is 10.3. The van der Waals surface area contributed by atoms with Gasteiger partial charge in [-0.25, -0.2) is 4.79 Å². The van der Waals surface area contributed by atoms with Crippen molar-refractivity contribution in [3.8, 4) is 0 Å². The molecule has 1 atom stereocenters. The molecule has 0 saturated carbocycles. The van der Waals surface area contributed by atoms with Crippen molar-refractivity contribution < 1.29 is 19.1 Å². The van der Waals surface area contributed by atoms with Crippen LogP contribution in [0.4, 0.5) is 4.79 Å². The molecule has 0 aromatic carbocycles. The molecule has 1 aliphatic heterocycles. The first-order valence-corrected chi connectivity index (χ1v) is 5.29. The van der Waals surface area contributed by atoms with Crippen molar-refractivity contribution in [3.05, 3.63) is 0 Å². The lowest BCUT2D eigenvalue weighted by Gasteiger charge is -2.19. The predicted octanol–water partition coefficient (Wildman–Crippen LogP) is -0.0202. The summed E-state index contributed by atoms with van der Waals surface area (Å²) in [5, 5.41) is 2.83. The van der Waals surface area contributed by atoms with Crippen LogP contribution >= 0.6 is 0 Å². The van der Waals surface area contributed by atoms with E-state index in [1.54, 1.807) is 7.05 Å². The average molecular weight is 230 g/mol. The zero-order chi connectivity index (χ0) is 12.0. The van der Waals surface area contributed by atoms with Crippen molar-refractivity contribution in [2.45, 2.75) is 18.9 Å². The minimum Gasteiger partial charge on any atom is -0.469 e. The van der Waals surface area contributed by atoms with Crippen LogP contribution in [0.1, 0.15) is 12.8 Å².